The van der Waals surface area contributed by atoms with Crippen molar-refractivity contribution in [3.05, 3.63) is 24.0 Å². The first kappa shape index (κ1) is 14.0. The van der Waals surface area contributed by atoms with Gasteiger partial charge in [-0.15, -0.1) is 0 Å². The standard InChI is InChI=1S/C15H21NO3/c1-11-5-4-6-15(8-11,19-3)14(17)12-7-13(18-2)10-16-9-12/h7,9-11H,4-6,8H2,1-3H3. The third-order valence-electron chi connectivity index (χ3n) is 3.97. The first-order chi connectivity index (χ1) is 9.11. The van der Waals surface area contributed by atoms with Crippen molar-refractivity contribution in [2.75, 3.05) is 14.2 Å². The molecular weight excluding hydrogens is 242 g/mol. The Balaban J connectivity index is 2.29. The van der Waals surface area contributed by atoms with Gasteiger partial charge in [-0.2, -0.15) is 0 Å². The quantitative estimate of drug-likeness (QED) is 0.784. The average Bonchev–Trinajstić information content (AvgIpc) is 2.46. The maximum atomic E-state index is 12.7. The number of methoxy groups -OCH3 is 2. The van der Waals surface area contributed by atoms with E-state index in [1.165, 1.54) is 0 Å². The molecule has 2 atom stereocenters. The molecule has 1 aliphatic rings. The minimum absolute atomic E-state index is 0.0213. The van der Waals surface area contributed by atoms with Crippen LogP contribution >= 0.6 is 0 Å². The summed E-state index contributed by atoms with van der Waals surface area (Å²) in [4.78, 5) is 16.8. The molecule has 1 aromatic rings. The normalized spacial score (nSPS) is 27.0. The van der Waals surface area contributed by atoms with Crippen LogP contribution in [0.4, 0.5) is 0 Å². The van der Waals surface area contributed by atoms with Crippen LogP contribution in [0.15, 0.2) is 18.5 Å². The Morgan fingerprint density at radius 2 is 2.21 bits per heavy atom. The van der Waals surface area contributed by atoms with Crippen LogP contribution in [0.2, 0.25) is 0 Å². The molecule has 2 unspecified atom stereocenters. The van der Waals surface area contributed by atoms with E-state index in [2.05, 4.69) is 11.9 Å². The summed E-state index contributed by atoms with van der Waals surface area (Å²) in [6.07, 6.45) is 6.93. The molecule has 0 aliphatic heterocycles. The van der Waals surface area contributed by atoms with Gasteiger partial charge in [-0.1, -0.05) is 13.3 Å². The SMILES string of the molecule is COc1cncc(C(=O)C2(OC)CCCC(C)C2)c1. The number of Topliss-reactive ketones (excluding diaryl/α,β-unsaturated/α-hetero) is 1. The van der Waals surface area contributed by atoms with Crippen LogP contribution in [0.5, 0.6) is 5.75 Å². The largest absolute Gasteiger partial charge is 0.495 e. The second-order valence-electron chi connectivity index (χ2n) is 5.34. The number of pyridine rings is 1. The highest BCUT2D eigenvalue weighted by molar-refractivity contribution is 6.02. The third-order valence-corrected chi connectivity index (χ3v) is 3.97. The molecule has 4 nitrogen and oxygen atoms in total. The molecule has 0 spiro atoms. The summed E-state index contributed by atoms with van der Waals surface area (Å²) in [6, 6.07) is 1.73. The number of nitrogens with zero attached hydrogens (tertiary/aromatic N) is 1. The first-order valence-corrected chi connectivity index (χ1v) is 6.70. The van der Waals surface area contributed by atoms with Crippen LogP contribution in [-0.4, -0.2) is 30.6 Å². The van der Waals surface area contributed by atoms with E-state index in [4.69, 9.17) is 9.47 Å². The molecule has 4 heteroatoms. The fourth-order valence-corrected chi connectivity index (χ4v) is 2.91. The van der Waals surface area contributed by atoms with E-state index in [1.54, 1.807) is 32.7 Å². The van der Waals surface area contributed by atoms with Crippen molar-refractivity contribution in [2.45, 2.75) is 38.2 Å². The molecule has 0 radical (unpaired) electrons. The van der Waals surface area contributed by atoms with E-state index in [9.17, 15) is 4.79 Å². The highest BCUT2D eigenvalue weighted by atomic mass is 16.5. The second-order valence-corrected chi connectivity index (χ2v) is 5.34. The zero-order valence-corrected chi connectivity index (χ0v) is 11.8. The van der Waals surface area contributed by atoms with Crippen molar-refractivity contribution < 1.29 is 14.3 Å². The van der Waals surface area contributed by atoms with Crippen molar-refractivity contribution >= 4 is 5.78 Å². The molecule has 1 saturated carbocycles. The maximum Gasteiger partial charge on any atom is 0.196 e. The van der Waals surface area contributed by atoms with Gasteiger partial charge in [-0.05, 0) is 31.2 Å². The Kier molecular flexibility index (Phi) is 4.20. The molecule has 1 heterocycles. The van der Waals surface area contributed by atoms with Crippen molar-refractivity contribution in [1.82, 2.24) is 4.98 Å². The van der Waals surface area contributed by atoms with Gasteiger partial charge in [0.1, 0.15) is 11.4 Å². The summed E-state index contributed by atoms with van der Waals surface area (Å²) < 4.78 is 10.7. The lowest BCUT2D eigenvalue weighted by Crippen LogP contribution is -2.44. The van der Waals surface area contributed by atoms with Gasteiger partial charge in [0.05, 0.1) is 13.3 Å². The Labute approximate surface area is 114 Å². The fourth-order valence-electron chi connectivity index (χ4n) is 2.91. The van der Waals surface area contributed by atoms with E-state index in [0.29, 0.717) is 17.2 Å². The number of ketones is 1. The van der Waals surface area contributed by atoms with Crippen LogP contribution < -0.4 is 4.74 Å². The highest BCUT2D eigenvalue weighted by Gasteiger charge is 2.42. The zero-order valence-electron chi connectivity index (χ0n) is 11.8. The summed E-state index contributed by atoms with van der Waals surface area (Å²) in [7, 11) is 3.20. The van der Waals surface area contributed by atoms with Gasteiger partial charge in [0.15, 0.2) is 5.78 Å². The number of ether oxygens (including phenoxy) is 2. The maximum absolute atomic E-state index is 12.7. The number of carbonyl (C=O) groups excluding carboxylic acids is 1. The van der Waals surface area contributed by atoms with Gasteiger partial charge in [0.2, 0.25) is 0 Å². The Bertz CT molecular complexity index is 460. The molecule has 0 bridgehead atoms. The van der Waals surface area contributed by atoms with Crippen molar-refractivity contribution in [3.63, 3.8) is 0 Å². The molecule has 0 amide bonds. The zero-order chi connectivity index (χ0) is 13.9. The van der Waals surface area contributed by atoms with E-state index < -0.39 is 5.60 Å². The van der Waals surface area contributed by atoms with Gasteiger partial charge in [0.25, 0.3) is 0 Å². The molecule has 19 heavy (non-hydrogen) atoms. The second kappa shape index (κ2) is 5.70. The lowest BCUT2D eigenvalue weighted by Gasteiger charge is -2.37. The monoisotopic (exact) mass is 263 g/mol. The molecule has 0 N–H and O–H groups in total. The molecule has 1 aromatic heterocycles. The minimum Gasteiger partial charge on any atom is -0.495 e. The van der Waals surface area contributed by atoms with Crippen LogP contribution in [0.25, 0.3) is 0 Å². The van der Waals surface area contributed by atoms with Crippen LogP contribution in [0.3, 0.4) is 0 Å². The predicted octanol–water partition coefficient (Wildman–Crippen LogP) is 2.87. The van der Waals surface area contributed by atoms with E-state index >= 15 is 0 Å². The summed E-state index contributed by atoms with van der Waals surface area (Å²) >= 11 is 0. The number of carbonyl (C=O) groups is 1. The average molecular weight is 263 g/mol. The molecule has 1 aliphatic carbocycles. The van der Waals surface area contributed by atoms with Gasteiger partial charge >= 0.3 is 0 Å². The number of hydrogen-bond acceptors (Lipinski definition) is 4. The summed E-state index contributed by atoms with van der Waals surface area (Å²) in [5.41, 5.74) is -0.124. The van der Waals surface area contributed by atoms with Crippen molar-refractivity contribution in [2.24, 2.45) is 5.92 Å². The molecule has 1 fully saturated rings. The Morgan fingerprint density at radius 1 is 1.42 bits per heavy atom. The van der Waals surface area contributed by atoms with Crippen molar-refractivity contribution in [3.8, 4) is 5.75 Å². The molecular formula is C15H21NO3. The molecule has 2 rings (SSSR count). The Morgan fingerprint density at radius 3 is 2.84 bits per heavy atom. The van der Waals surface area contributed by atoms with Gasteiger partial charge in [0, 0.05) is 18.9 Å². The molecule has 0 aromatic carbocycles. The smallest absolute Gasteiger partial charge is 0.196 e. The van der Waals surface area contributed by atoms with E-state index in [-0.39, 0.29) is 5.78 Å². The number of aromatic nitrogens is 1. The van der Waals surface area contributed by atoms with Crippen molar-refractivity contribution in [1.29, 1.82) is 0 Å². The van der Waals surface area contributed by atoms with E-state index in [0.717, 1.165) is 25.7 Å². The van der Waals surface area contributed by atoms with E-state index in [1.807, 2.05) is 0 Å². The lowest BCUT2D eigenvalue weighted by atomic mass is 9.75. The van der Waals surface area contributed by atoms with Crippen LogP contribution in [0, 0.1) is 5.92 Å². The summed E-state index contributed by atoms with van der Waals surface area (Å²) in [5, 5.41) is 0. The van der Waals surface area contributed by atoms with Gasteiger partial charge in [-0.25, -0.2) is 0 Å². The van der Waals surface area contributed by atoms with Gasteiger partial charge < -0.3 is 9.47 Å². The summed E-state index contributed by atoms with van der Waals surface area (Å²) in [5.74, 6) is 1.13. The minimum atomic E-state index is -0.689. The van der Waals surface area contributed by atoms with Crippen LogP contribution in [-0.2, 0) is 4.74 Å². The first-order valence-electron chi connectivity index (χ1n) is 6.70. The molecule has 104 valence electrons. The topological polar surface area (TPSA) is 48.4 Å². The number of hydrogen-bond donors (Lipinski definition) is 0. The number of rotatable bonds is 4. The predicted molar refractivity (Wildman–Crippen MR) is 72.5 cm³/mol. The van der Waals surface area contributed by atoms with Gasteiger partial charge in [-0.3, -0.25) is 9.78 Å². The Hall–Kier alpha value is -1.42. The highest BCUT2D eigenvalue weighted by Crippen LogP contribution is 2.37. The fraction of sp³-hybridized carbons (Fsp3) is 0.600. The van der Waals surface area contributed by atoms with Crippen LogP contribution in [0.1, 0.15) is 43.0 Å². The lowest BCUT2D eigenvalue weighted by molar-refractivity contribution is -0.0303. The third kappa shape index (κ3) is 2.78. The summed E-state index contributed by atoms with van der Waals surface area (Å²) in [6.45, 7) is 2.17. The molecule has 0 saturated heterocycles.